The van der Waals surface area contributed by atoms with Gasteiger partial charge in [-0.25, -0.2) is 0 Å². The van der Waals surface area contributed by atoms with E-state index < -0.39 is 10.8 Å². The number of benzene rings is 12. The van der Waals surface area contributed by atoms with E-state index in [-0.39, 0.29) is 0 Å². The number of rotatable bonds is 3. The highest BCUT2D eigenvalue weighted by molar-refractivity contribution is 6.31. The lowest BCUT2D eigenvalue weighted by Gasteiger charge is -2.36. The van der Waals surface area contributed by atoms with E-state index in [2.05, 4.69) is 235 Å². The maximum absolute atomic E-state index is 7.33. The third-order valence-electron chi connectivity index (χ3n) is 18.0. The van der Waals surface area contributed by atoms with Gasteiger partial charge in [-0.15, -0.1) is 0 Å². The summed E-state index contributed by atoms with van der Waals surface area (Å²) in [6.45, 7) is 0. The Morgan fingerprint density at radius 3 is 1.47 bits per heavy atom. The molecule has 0 N–H and O–H groups in total. The molecule has 2 heterocycles. The standard InChI is InChI=1S/C74H41Cl2NO2/c75-42-36-38-53-61(40-42)74(59-29-12-20-47(69(53)59)50-23-11-22-49-46-18-4-9-34-66(46)78-71(49)50)57-27-7-3-19-52(57)68-48(21-13-28-58(68)74)51-24-14-33-65-72(51)79-67-35-10-8-31-63(67)77(65)64-32-15-30-60-70(64)54-39-37-43(76)41-62(54)73(60)55-25-5-1-16-44(55)45-17-2-6-26-56(45)73/h1-41H. The summed E-state index contributed by atoms with van der Waals surface area (Å²) in [7, 11) is 0. The first-order valence-corrected chi connectivity index (χ1v) is 27.7. The van der Waals surface area contributed by atoms with Crippen molar-refractivity contribution in [3.05, 3.63) is 303 Å². The smallest absolute Gasteiger partial charge is 0.159 e. The summed E-state index contributed by atoms with van der Waals surface area (Å²) in [6.07, 6.45) is 0. The number of fused-ring (bicyclic) bond motifs is 25. The molecule has 12 aromatic carbocycles. The molecule has 79 heavy (non-hydrogen) atoms. The van der Waals surface area contributed by atoms with Gasteiger partial charge in [-0.1, -0.05) is 217 Å². The third kappa shape index (κ3) is 5.39. The van der Waals surface area contributed by atoms with Crippen molar-refractivity contribution in [2.75, 3.05) is 4.90 Å². The van der Waals surface area contributed by atoms with E-state index in [0.717, 1.165) is 78.3 Å². The average molecular weight is 1050 g/mol. The normalized spacial score (nSPS) is 15.7. The molecular weight excluding hydrogens is 1010 g/mol. The van der Waals surface area contributed by atoms with Crippen LogP contribution >= 0.6 is 23.2 Å². The Balaban J connectivity index is 0.872. The molecule has 18 rings (SSSR count). The SMILES string of the molecule is Clc1ccc2c(c1)C1(c3ccccc3-c3c(-c4cccc5c4Oc4ccccc4N5c4cccc5c4-c4ccc(Cl)cc4C54c5ccccc5-c5ccccc54)cccc31)c1cccc(-c3cccc4c3oc3ccccc34)c1-2. The van der Waals surface area contributed by atoms with Gasteiger partial charge < -0.3 is 14.1 Å². The molecule has 5 aliphatic rings. The highest BCUT2D eigenvalue weighted by atomic mass is 35.5. The van der Waals surface area contributed by atoms with Crippen LogP contribution in [0.3, 0.4) is 0 Å². The summed E-state index contributed by atoms with van der Waals surface area (Å²) in [4.78, 5) is 2.44. The second-order valence-corrected chi connectivity index (χ2v) is 22.4. The summed E-state index contributed by atoms with van der Waals surface area (Å²) in [5, 5.41) is 3.63. The maximum Gasteiger partial charge on any atom is 0.159 e. The minimum atomic E-state index is -0.696. The van der Waals surface area contributed by atoms with Crippen molar-refractivity contribution in [3.8, 4) is 78.3 Å². The topological polar surface area (TPSA) is 25.6 Å². The van der Waals surface area contributed by atoms with Crippen LogP contribution < -0.4 is 9.64 Å². The molecule has 3 nitrogen and oxygen atoms in total. The molecule has 4 aliphatic carbocycles. The van der Waals surface area contributed by atoms with E-state index in [1.165, 1.54) is 83.5 Å². The zero-order valence-electron chi connectivity index (χ0n) is 42.2. The lowest BCUT2D eigenvalue weighted by molar-refractivity contribution is 0.479. The number of hydrogen-bond acceptors (Lipinski definition) is 3. The molecule has 5 heteroatoms. The van der Waals surface area contributed by atoms with Gasteiger partial charge in [-0.2, -0.15) is 0 Å². The highest BCUT2D eigenvalue weighted by Crippen LogP contribution is 2.69. The Kier molecular flexibility index (Phi) is 8.65. The van der Waals surface area contributed by atoms with E-state index in [1.807, 2.05) is 18.2 Å². The Labute approximate surface area is 465 Å². The fourth-order valence-electron chi connectivity index (χ4n) is 15.2. The molecule has 0 fully saturated rings. The molecule has 1 aromatic heterocycles. The van der Waals surface area contributed by atoms with Gasteiger partial charge in [0.05, 0.1) is 27.9 Å². The van der Waals surface area contributed by atoms with Crippen LogP contribution in [0, 0.1) is 0 Å². The Morgan fingerprint density at radius 1 is 0.304 bits per heavy atom. The Hall–Kier alpha value is -9.38. The summed E-state index contributed by atoms with van der Waals surface area (Å²) in [5.41, 5.74) is 27.1. The lowest BCUT2D eigenvalue weighted by atomic mass is 9.70. The molecule has 1 aliphatic heterocycles. The molecular formula is C74H41Cl2NO2. The van der Waals surface area contributed by atoms with Gasteiger partial charge in [0, 0.05) is 37.5 Å². The van der Waals surface area contributed by atoms with E-state index in [1.54, 1.807) is 0 Å². The molecule has 1 unspecified atom stereocenters. The van der Waals surface area contributed by atoms with E-state index in [4.69, 9.17) is 32.4 Å². The Bertz CT molecular complexity index is 4850. The molecule has 0 saturated heterocycles. The van der Waals surface area contributed by atoms with Gasteiger partial charge in [0.1, 0.15) is 11.2 Å². The van der Waals surface area contributed by atoms with Crippen LogP contribution in [-0.2, 0) is 10.8 Å². The van der Waals surface area contributed by atoms with Gasteiger partial charge in [0.25, 0.3) is 0 Å². The van der Waals surface area contributed by atoms with Crippen LogP contribution in [0.4, 0.5) is 17.1 Å². The van der Waals surface area contributed by atoms with Gasteiger partial charge >= 0.3 is 0 Å². The molecule has 0 radical (unpaired) electrons. The molecule has 0 amide bonds. The van der Waals surface area contributed by atoms with Crippen molar-refractivity contribution in [2.24, 2.45) is 0 Å². The average Bonchev–Trinajstić information content (AvgIpc) is 3.19. The van der Waals surface area contributed by atoms with Gasteiger partial charge in [0.15, 0.2) is 11.5 Å². The minimum absolute atomic E-state index is 0.577. The fraction of sp³-hybridized carbons (Fsp3) is 0.0270. The largest absolute Gasteiger partial charge is 0.455 e. The molecule has 2 spiro atoms. The number of hydrogen-bond donors (Lipinski definition) is 0. The predicted octanol–water partition coefficient (Wildman–Crippen LogP) is 20.5. The fourth-order valence-corrected chi connectivity index (χ4v) is 15.6. The monoisotopic (exact) mass is 1050 g/mol. The van der Waals surface area contributed by atoms with Gasteiger partial charge in [-0.3, -0.25) is 0 Å². The van der Waals surface area contributed by atoms with E-state index in [0.29, 0.717) is 10.0 Å². The van der Waals surface area contributed by atoms with E-state index in [9.17, 15) is 0 Å². The number of nitrogens with zero attached hydrogens (tertiary/aromatic N) is 1. The van der Waals surface area contributed by atoms with Crippen molar-refractivity contribution in [2.45, 2.75) is 10.8 Å². The lowest BCUT2D eigenvalue weighted by Crippen LogP contribution is -2.26. The first-order valence-electron chi connectivity index (χ1n) is 26.9. The summed E-state index contributed by atoms with van der Waals surface area (Å²) in [5.74, 6) is 1.58. The number of anilines is 3. The number of para-hydroxylation sites is 5. The second-order valence-electron chi connectivity index (χ2n) is 21.5. The molecule has 0 saturated carbocycles. The summed E-state index contributed by atoms with van der Waals surface area (Å²) < 4.78 is 14.1. The predicted molar refractivity (Wildman–Crippen MR) is 322 cm³/mol. The summed E-state index contributed by atoms with van der Waals surface area (Å²) >= 11 is 14.3. The maximum atomic E-state index is 7.33. The van der Waals surface area contributed by atoms with Crippen molar-refractivity contribution < 1.29 is 9.15 Å². The molecule has 368 valence electrons. The first-order chi connectivity index (χ1) is 39.0. The molecule has 1 atom stereocenters. The number of halogens is 2. The van der Waals surface area contributed by atoms with Crippen LogP contribution in [0.2, 0.25) is 10.0 Å². The van der Waals surface area contributed by atoms with Crippen LogP contribution in [0.25, 0.3) is 88.7 Å². The van der Waals surface area contributed by atoms with E-state index >= 15 is 0 Å². The summed E-state index contributed by atoms with van der Waals surface area (Å²) in [6, 6.07) is 90.3. The van der Waals surface area contributed by atoms with Crippen molar-refractivity contribution in [1.82, 2.24) is 0 Å². The second kappa shape index (κ2) is 15.6. The van der Waals surface area contributed by atoms with Crippen molar-refractivity contribution >= 4 is 62.2 Å². The molecule has 0 bridgehead atoms. The number of ether oxygens (including phenoxy) is 1. The zero-order chi connectivity index (χ0) is 51.9. The minimum Gasteiger partial charge on any atom is -0.455 e. The highest BCUT2D eigenvalue weighted by Gasteiger charge is 2.55. The van der Waals surface area contributed by atoms with Gasteiger partial charge in [0.2, 0.25) is 0 Å². The van der Waals surface area contributed by atoms with Crippen LogP contribution in [0.1, 0.15) is 44.5 Å². The Morgan fingerprint density at radius 2 is 0.747 bits per heavy atom. The van der Waals surface area contributed by atoms with Crippen molar-refractivity contribution in [3.63, 3.8) is 0 Å². The first kappa shape index (κ1) is 43.7. The third-order valence-corrected chi connectivity index (χ3v) is 18.5. The van der Waals surface area contributed by atoms with Gasteiger partial charge in [-0.05, 0) is 149 Å². The van der Waals surface area contributed by atoms with Crippen molar-refractivity contribution in [1.29, 1.82) is 0 Å². The quantitative estimate of drug-likeness (QED) is 0.176. The van der Waals surface area contributed by atoms with Crippen LogP contribution in [-0.4, -0.2) is 0 Å². The zero-order valence-corrected chi connectivity index (χ0v) is 43.7. The molecule has 13 aromatic rings. The number of furan rings is 1. The van der Waals surface area contributed by atoms with Crippen LogP contribution in [0.15, 0.2) is 253 Å². The van der Waals surface area contributed by atoms with Crippen LogP contribution in [0.5, 0.6) is 11.5 Å².